The van der Waals surface area contributed by atoms with Gasteiger partial charge in [0.1, 0.15) is 5.82 Å². The van der Waals surface area contributed by atoms with E-state index in [4.69, 9.17) is 4.74 Å². The molecular weight excluding hydrogens is 399 g/mol. The van der Waals surface area contributed by atoms with Crippen molar-refractivity contribution in [3.05, 3.63) is 70.8 Å². The van der Waals surface area contributed by atoms with Gasteiger partial charge in [0.15, 0.2) is 11.5 Å². The monoisotopic (exact) mass is 419 g/mol. The Morgan fingerprint density at radius 1 is 1.17 bits per heavy atom. The smallest absolute Gasteiger partial charge is 0.387 e. The second-order valence-electron chi connectivity index (χ2n) is 6.49. The van der Waals surface area contributed by atoms with Crippen LogP contribution in [-0.4, -0.2) is 29.4 Å². The Bertz CT molecular complexity index is 1070. The van der Waals surface area contributed by atoms with E-state index in [9.17, 15) is 18.0 Å². The average Bonchev–Trinajstić information content (AvgIpc) is 2.97. The molecule has 0 aliphatic rings. The van der Waals surface area contributed by atoms with Crippen molar-refractivity contribution >= 4 is 11.6 Å². The number of anilines is 1. The van der Waals surface area contributed by atoms with Crippen molar-refractivity contribution in [1.82, 2.24) is 9.78 Å². The van der Waals surface area contributed by atoms with E-state index in [-0.39, 0.29) is 29.4 Å². The molecule has 30 heavy (non-hydrogen) atoms. The van der Waals surface area contributed by atoms with Crippen LogP contribution >= 0.6 is 0 Å². The number of nitrogens with one attached hydrogen (secondary N) is 1. The molecule has 3 aromatic rings. The van der Waals surface area contributed by atoms with Crippen molar-refractivity contribution < 1.29 is 27.4 Å². The summed E-state index contributed by atoms with van der Waals surface area (Å²) >= 11 is 0. The van der Waals surface area contributed by atoms with Gasteiger partial charge in [0.25, 0.3) is 5.91 Å². The van der Waals surface area contributed by atoms with Crippen molar-refractivity contribution in [3.63, 3.8) is 0 Å². The number of nitrogens with zero attached hydrogens (tertiary/aromatic N) is 2. The van der Waals surface area contributed by atoms with Gasteiger partial charge < -0.3 is 14.8 Å². The van der Waals surface area contributed by atoms with Crippen molar-refractivity contribution in [1.29, 1.82) is 0 Å². The molecule has 0 aliphatic carbocycles. The van der Waals surface area contributed by atoms with Gasteiger partial charge in [-0.25, -0.2) is 4.39 Å². The van der Waals surface area contributed by atoms with Gasteiger partial charge in [-0.15, -0.1) is 0 Å². The molecule has 3 rings (SSSR count). The first-order valence-electron chi connectivity index (χ1n) is 9.01. The summed E-state index contributed by atoms with van der Waals surface area (Å²) in [7, 11) is 1.29. The Morgan fingerprint density at radius 2 is 1.90 bits per heavy atom. The first-order chi connectivity index (χ1) is 14.3. The molecule has 1 aromatic heterocycles. The predicted octanol–water partition coefficient (Wildman–Crippen LogP) is 4.55. The third-order valence-electron chi connectivity index (χ3n) is 4.54. The molecule has 0 spiro atoms. The highest BCUT2D eigenvalue weighted by Gasteiger charge is 2.18. The molecule has 0 saturated heterocycles. The summed E-state index contributed by atoms with van der Waals surface area (Å²) in [6.45, 7) is 0.684. The van der Waals surface area contributed by atoms with E-state index in [0.717, 1.165) is 0 Å². The summed E-state index contributed by atoms with van der Waals surface area (Å²) in [5.41, 5.74) is 2.35. The van der Waals surface area contributed by atoms with Crippen molar-refractivity contribution in [2.45, 2.75) is 27.0 Å². The number of methoxy groups -OCH3 is 1. The maximum Gasteiger partial charge on any atom is 0.387 e. The second kappa shape index (κ2) is 8.89. The standard InChI is InChI=1S/C21H20F3N3O3/c1-12-19(13(2)27(26-12)11-15-6-4-5-7-16(15)22)25-20(28)14-8-9-17(30-21(23)24)18(10-14)29-3/h4-10,21H,11H2,1-3H3,(H,25,28). The van der Waals surface area contributed by atoms with Crippen LogP contribution in [0.5, 0.6) is 11.5 Å². The molecule has 0 aliphatic heterocycles. The van der Waals surface area contributed by atoms with Crippen LogP contribution in [0.15, 0.2) is 42.5 Å². The van der Waals surface area contributed by atoms with E-state index in [0.29, 0.717) is 22.6 Å². The lowest BCUT2D eigenvalue weighted by molar-refractivity contribution is -0.0512. The zero-order valence-electron chi connectivity index (χ0n) is 16.6. The van der Waals surface area contributed by atoms with Crippen LogP contribution in [0.1, 0.15) is 27.3 Å². The van der Waals surface area contributed by atoms with Gasteiger partial charge in [0.05, 0.1) is 30.7 Å². The van der Waals surface area contributed by atoms with Gasteiger partial charge in [-0.05, 0) is 38.1 Å². The lowest BCUT2D eigenvalue weighted by Gasteiger charge is -2.12. The number of carbonyl (C=O) groups is 1. The summed E-state index contributed by atoms with van der Waals surface area (Å²) in [6, 6.07) is 10.3. The number of alkyl halides is 2. The van der Waals surface area contributed by atoms with E-state index in [1.807, 2.05) is 0 Å². The molecule has 1 heterocycles. The predicted molar refractivity (Wildman–Crippen MR) is 105 cm³/mol. The van der Waals surface area contributed by atoms with Crippen LogP contribution in [0.4, 0.5) is 18.9 Å². The highest BCUT2D eigenvalue weighted by molar-refractivity contribution is 6.05. The number of hydrogen-bond donors (Lipinski definition) is 1. The van der Waals surface area contributed by atoms with Crippen LogP contribution in [-0.2, 0) is 6.54 Å². The number of benzene rings is 2. The van der Waals surface area contributed by atoms with Gasteiger partial charge in [-0.3, -0.25) is 9.48 Å². The van der Waals surface area contributed by atoms with Gasteiger partial charge in [-0.2, -0.15) is 13.9 Å². The number of carbonyl (C=O) groups excluding carboxylic acids is 1. The maximum absolute atomic E-state index is 13.9. The molecule has 1 amide bonds. The number of halogens is 3. The van der Waals surface area contributed by atoms with Crippen molar-refractivity contribution in [3.8, 4) is 11.5 Å². The number of aryl methyl sites for hydroxylation is 1. The van der Waals surface area contributed by atoms with Gasteiger partial charge in [-0.1, -0.05) is 18.2 Å². The van der Waals surface area contributed by atoms with Gasteiger partial charge in [0.2, 0.25) is 0 Å². The first-order valence-corrected chi connectivity index (χ1v) is 9.01. The summed E-state index contributed by atoms with van der Waals surface area (Å²) in [5.74, 6) is -0.983. The Kier molecular flexibility index (Phi) is 6.29. The molecule has 0 saturated carbocycles. The molecule has 2 aromatic carbocycles. The quantitative estimate of drug-likeness (QED) is 0.610. The topological polar surface area (TPSA) is 65.4 Å². The largest absolute Gasteiger partial charge is 0.493 e. The zero-order chi connectivity index (χ0) is 21.8. The Hall–Kier alpha value is -3.49. The highest BCUT2D eigenvalue weighted by Crippen LogP contribution is 2.30. The number of rotatable bonds is 7. The van der Waals surface area contributed by atoms with Crippen molar-refractivity contribution in [2.24, 2.45) is 0 Å². The molecule has 0 radical (unpaired) electrons. The fourth-order valence-corrected chi connectivity index (χ4v) is 3.01. The molecular formula is C21H20F3N3O3. The van der Waals surface area contributed by atoms with Crippen molar-refractivity contribution in [2.75, 3.05) is 12.4 Å². The number of amides is 1. The normalized spacial score (nSPS) is 10.9. The van der Waals surface area contributed by atoms with E-state index < -0.39 is 12.5 Å². The molecule has 0 bridgehead atoms. The first kappa shape index (κ1) is 21.2. The molecule has 6 nitrogen and oxygen atoms in total. The van der Waals surface area contributed by atoms with E-state index in [2.05, 4.69) is 15.2 Å². The SMILES string of the molecule is COc1cc(C(=O)Nc2c(C)nn(Cc3ccccc3F)c2C)ccc1OC(F)F. The fraction of sp³-hybridized carbons (Fsp3) is 0.238. The maximum atomic E-state index is 13.9. The molecule has 0 unspecified atom stereocenters. The van der Waals surface area contributed by atoms with E-state index >= 15 is 0 Å². The zero-order valence-corrected chi connectivity index (χ0v) is 16.6. The Labute approximate surface area is 171 Å². The molecule has 9 heteroatoms. The summed E-state index contributed by atoms with van der Waals surface area (Å²) in [6.07, 6.45) is 0. The van der Waals surface area contributed by atoms with Gasteiger partial charge in [0, 0.05) is 11.1 Å². The lowest BCUT2D eigenvalue weighted by Crippen LogP contribution is -2.14. The van der Waals surface area contributed by atoms with Crippen LogP contribution in [0, 0.1) is 19.7 Å². The number of ether oxygens (including phenoxy) is 2. The van der Waals surface area contributed by atoms with Gasteiger partial charge >= 0.3 is 6.61 Å². The minimum Gasteiger partial charge on any atom is -0.493 e. The van der Waals surface area contributed by atoms with Crippen LogP contribution in [0.25, 0.3) is 0 Å². The molecule has 158 valence electrons. The Balaban J connectivity index is 1.82. The van der Waals surface area contributed by atoms with E-state index in [1.54, 1.807) is 36.7 Å². The average molecular weight is 419 g/mol. The molecule has 1 N–H and O–H groups in total. The summed E-state index contributed by atoms with van der Waals surface area (Å²) < 4.78 is 49.9. The third kappa shape index (κ3) is 4.56. The number of aromatic nitrogens is 2. The highest BCUT2D eigenvalue weighted by atomic mass is 19.3. The molecule has 0 atom stereocenters. The van der Waals surface area contributed by atoms with Crippen LogP contribution in [0.3, 0.4) is 0 Å². The second-order valence-corrected chi connectivity index (χ2v) is 6.49. The lowest BCUT2D eigenvalue weighted by atomic mass is 10.1. The fourth-order valence-electron chi connectivity index (χ4n) is 3.01. The summed E-state index contributed by atoms with van der Waals surface area (Å²) in [5, 5.41) is 7.15. The Morgan fingerprint density at radius 3 is 2.57 bits per heavy atom. The van der Waals surface area contributed by atoms with Crippen LogP contribution < -0.4 is 14.8 Å². The van der Waals surface area contributed by atoms with E-state index in [1.165, 1.54) is 31.4 Å². The minimum absolute atomic E-state index is 0.00615. The summed E-state index contributed by atoms with van der Waals surface area (Å²) in [4.78, 5) is 12.7. The molecule has 0 fully saturated rings. The van der Waals surface area contributed by atoms with Crippen LogP contribution in [0.2, 0.25) is 0 Å². The number of hydrogen-bond acceptors (Lipinski definition) is 4. The minimum atomic E-state index is -3.01. The third-order valence-corrected chi connectivity index (χ3v) is 4.54.